The molecule has 124 valence electrons. The summed E-state index contributed by atoms with van der Waals surface area (Å²) < 4.78 is 0. The lowest BCUT2D eigenvalue weighted by Crippen LogP contribution is -2.51. The molecule has 0 atom stereocenters. The largest absolute Gasteiger partial charge is 0.478 e. The molecule has 23 heavy (non-hydrogen) atoms. The van der Waals surface area contributed by atoms with Crippen LogP contribution in [0.15, 0.2) is 24.3 Å². The van der Waals surface area contributed by atoms with Crippen molar-refractivity contribution in [1.29, 1.82) is 0 Å². The van der Waals surface area contributed by atoms with Crippen LogP contribution in [-0.2, 0) is 28.8 Å². The molecule has 0 heterocycles. The molecule has 0 aliphatic heterocycles. The Morgan fingerprint density at radius 1 is 0.870 bits per heavy atom. The van der Waals surface area contributed by atoms with E-state index in [0.29, 0.717) is 24.3 Å². The van der Waals surface area contributed by atoms with Gasteiger partial charge in [-0.1, -0.05) is 6.92 Å². The summed E-state index contributed by atoms with van der Waals surface area (Å²) in [6.07, 6.45) is 1.73. The third-order valence-corrected chi connectivity index (χ3v) is 2.19. The van der Waals surface area contributed by atoms with Gasteiger partial charge in [0.15, 0.2) is 0 Å². The van der Waals surface area contributed by atoms with Crippen molar-refractivity contribution in [1.82, 2.24) is 10.0 Å². The second-order valence-electron chi connectivity index (χ2n) is 3.93. The lowest BCUT2D eigenvalue weighted by Gasteiger charge is -2.26. The molecule has 0 radical (unpaired) electrons. The summed E-state index contributed by atoms with van der Waals surface area (Å²) in [7, 11) is 0. The Morgan fingerprint density at radius 3 is 1.74 bits per heavy atom. The first-order chi connectivity index (χ1) is 10.7. The van der Waals surface area contributed by atoms with Gasteiger partial charge in [0.2, 0.25) is 12.3 Å². The molecule has 0 rings (SSSR count). The molecule has 0 spiro atoms. The zero-order valence-corrected chi connectivity index (χ0v) is 12.0. The van der Waals surface area contributed by atoms with Crippen molar-refractivity contribution in [2.75, 3.05) is 0 Å². The molecule has 10 heteroatoms. The first-order valence-electron chi connectivity index (χ1n) is 6.21. The molecule has 0 aliphatic rings. The van der Waals surface area contributed by atoms with Gasteiger partial charge in [0.25, 0.3) is 11.8 Å². The second-order valence-corrected chi connectivity index (χ2v) is 3.93. The molecule has 0 saturated heterocycles. The summed E-state index contributed by atoms with van der Waals surface area (Å²) in [5, 5.41) is 17.1. The number of aliphatic carboxylic acids is 2. The molecule has 0 saturated carbocycles. The summed E-state index contributed by atoms with van der Waals surface area (Å²) in [6.45, 7) is 1.60. The van der Waals surface area contributed by atoms with E-state index in [1.807, 2.05) is 0 Å². The number of hydrazine groups is 1. The molecule has 10 nitrogen and oxygen atoms in total. The fourth-order valence-corrected chi connectivity index (χ4v) is 1.30. The molecule has 0 unspecified atom stereocenters. The molecule has 0 aromatic rings. The van der Waals surface area contributed by atoms with Gasteiger partial charge in [0.05, 0.1) is 0 Å². The average molecular weight is 326 g/mol. The molecule has 0 bridgehead atoms. The van der Waals surface area contributed by atoms with Crippen LogP contribution >= 0.6 is 0 Å². The first kappa shape index (κ1) is 19.7. The minimum Gasteiger partial charge on any atom is -0.478 e. The minimum atomic E-state index is -1.48. The van der Waals surface area contributed by atoms with Crippen molar-refractivity contribution in [3.05, 3.63) is 24.3 Å². The van der Waals surface area contributed by atoms with Crippen LogP contribution < -0.4 is 0 Å². The molecule has 0 aromatic heterocycles. The van der Waals surface area contributed by atoms with Crippen LogP contribution in [0.3, 0.4) is 0 Å². The van der Waals surface area contributed by atoms with Crippen molar-refractivity contribution in [2.24, 2.45) is 0 Å². The summed E-state index contributed by atoms with van der Waals surface area (Å²) in [6, 6.07) is 0. The minimum absolute atomic E-state index is 0.0615. The predicted molar refractivity (Wildman–Crippen MR) is 73.2 cm³/mol. The van der Waals surface area contributed by atoms with Gasteiger partial charge >= 0.3 is 11.9 Å². The lowest BCUT2D eigenvalue weighted by molar-refractivity contribution is -0.171. The van der Waals surface area contributed by atoms with Crippen LogP contribution in [0.2, 0.25) is 0 Å². The van der Waals surface area contributed by atoms with E-state index in [4.69, 9.17) is 10.2 Å². The second kappa shape index (κ2) is 9.60. The number of hydrogen-bond acceptors (Lipinski definition) is 6. The standard InChI is InChI=1S/C13H14N2O8/c1-2-3-10(18)15(11(19)5-7-13(22)23)14(8-16)9(17)4-6-12(20)21/h4-8H,2-3H2,1H3,(H,20,21)(H,22,23)/b6-4-,7-5-. The number of nitrogens with zero attached hydrogens (tertiary/aromatic N) is 2. The van der Waals surface area contributed by atoms with E-state index in [0.717, 1.165) is 0 Å². The van der Waals surface area contributed by atoms with E-state index >= 15 is 0 Å². The highest BCUT2D eigenvalue weighted by molar-refractivity contribution is 6.08. The van der Waals surface area contributed by atoms with E-state index in [2.05, 4.69) is 0 Å². The molecular weight excluding hydrogens is 312 g/mol. The van der Waals surface area contributed by atoms with Crippen molar-refractivity contribution in [2.45, 2.75) is 19.8 Å². The van der Waals surface area contributed by atoms with Crippen LogP contribution in [0.4, 0.5) is 0 Å². The Balaban J connectivity index is 5.61. The number of carbonyl (C=O) groups is 6. The maximum absolute atomic E-state index is 11.9. The van der Waals surface area contributed by atoms with Gasteiger partial charge in [0, 0.05) is 30.7 Å². The third-order valence-electron chi connectivity index (χ3n) is 2.19. The Hall–Kier alpha value is -3.30. The van der Waals surface area contributed by atoms with Crippen molar-refractivity contribution < 1.29 is 39.0 Å². The fourth-order valence-electron chi connectivity index (χ4n) is 1.30. The highest BCUT2D eigenvalue weighted by atomic mass is 16.4. The van der Waals surface area contributed by atoms with Gasteiger partial charge in [0.1, 0.15) is 0 Å². The molecule has 4 amide bonds. The van der Waals surface area contributed by atoms with E-state index < -0.39 is 29.7 Å². The topological polar surface area (TPSA) is 149 Å². The SMILES string of the molecule is CCCC(=O)N(C(=O)/C=C\C(=O)O)N(C=O)C(=O)/C=C\C(=O)O. The normalized spacial score (nSPS) is 10.5. The van der Waals surface area contributed by atoms with Gasteiger partial charge in [-0.3, -0.25) is 19.2 Å². The molecule has 0 fully saturated rings. The van der Waals surface area contributed by atoms with Crippen LogP contribution in [-0.4, -0.2) is 56.3 Å². The summed E-state index contributed by atoms with van der Waals surface area (Å²) in [5.41, 5.74) is 0. The van der Waals surface area contributed by atoms with Crippen molar-refractivity contribution in [3.63, 3.8) is 0 Å². The van der Waals surface area contributed by atoms with Crippen molar-refractivity contribution >= 4 is 36.1 Å². The first-order valence-corrected chi connectivity index (χ1v) is 6.21. The van der Waals surface area contributed by atoms with Crippen LogP contribution in [0, 0.1) is 0 Å². The number of carboxylic acids is 2. The van der Waals surface area contributed by atoms with E-state index in [-0.39, 0.29) is 29.3 Å². The molecule has 0 aliphatic carbocycles. The number of imide groups is 2. The molecular formula is C13H14N2O8. The quantitative estimate of drug-likeness (QED) is 0.355. The smallest absolute Gasteiger partial charge is 0.328 e. The zero-order valence-electron chi connectivity index (χ0n) is 12.0. The van der Waals surface area contributed by atoms with Gasteiger partial charge in [-0.25, -0.2) is 9.59 Å². The van der Waals surface area contributed by atoms with Crippen LogP contribution in [0.1, 0.15) is 19.8 Å². The number of hydrogen-bond donors (Lipinski definition) is 2. The van der Waals surface area contributed by atoms with Crippen LogP contribution in [0.5, 0.6) is 0 Å². The monoisotopic (exact) mass is 326 g/mol. The fraction of sp³-hybridized carbons (Fsp3) is 0.231. The summed E-state index contributed by atoms with van der Waals surface area (Å²) in [4.78, 5) is 67.3. The third kappa shape index (κ3) is 6.80. The van der Waals surface area contributed by atoms with Crippen molar-refractivity contribution in [3.8, 4) is 0 Å². The van der Waals surface area contributed by atoms with Gasteiger partial charge in [-0.05, 0) is 6.42 Å². The predicted octanol–water partition coefficient (Wildman–Crippen LogP) is -0.677. The maximum atomic E-state index is 11.9. The zero-order chi connectivity index (χ0) is 18.0. The summed E-state index contributed by atoms with van der Waals surface area (Å²) in [5.74, 6) is -6.39. The Morgan fingerprint density at radius 2 is 1.35 bits per heavy atom. The molecule has 2 N–H and O–H groups in total. The van der Waals surface area contributed by atoms with Crippen LogP contribution in [0.25, 0.3) is 0 Å². The maximum Gasteiger partial charge on any atom is 0.328 e. The number of rotatable bonds is 7. The van der Waals surface area contributed by atoms with E-state index in [1.165, 1.54) is 0 Å². The summed E-state index contributed by atoms with van der Waals surface area (Å²) >= 11 is 0. The Bertz CT molecular complexity index is 579. The number of carboxylic acid groups (broad SMARTS) is 2. The lowest BCUT2D eigenvalue weighted by atomic mass is 10.3. The van der Waals surface area contributed by atoms with Gasteiger partial charge < -0.3 is 10.2 Å². The van der Waals surface area contributed by atoms with Gasteiger partial charge in [-0.15, -0.1) is 0 Å². The number of carbonyl (C=O) groups excluding carboxylic acids is 4. The number of amides is 4. The Kier molecular flexibility index (Phi) is 8.22. The molecule has 0 aromatic carbocycles. The Labute approximate surface area is 130 Å². The van der Waals surface area contributed by atoms with Gasteiger partial charge in [-0.2, -0.15) is 10.0 Å². The van der Waals surface area contributed by atoms with E-state index in [1.54, 1.807) is 6.92 Å². The highest BCUT2D eigenvalue weighted by Crippen LogP contribution is 2.05. The van der Waals surface area contributed by atoms with E-state index in [9.17, 15) is 28.8 Å². The highest BCUT2D eigenvalue weighted by Gasteiger charge is 2.29. The average Bonchev–Trinajstić information content (AvgIpc) is 2.47.